The van der Waals surface area contributed by atoms with Gasteiger partial charge in [0, 0.05) is 13.1 Å². The van der Waals surface area contributed by atoms with Gasteiger partial charge in [0.2, 0.25) is 5.91 Å². The largest absolute Gasteiger partial charge is 0.480 e. The third-order valence-electron chi connectivity index (χ3n) is 1.91. The van der Waals surface area contributed by atoms with Gasteiger partial charge in [0.1, 0.15) is 0 Å². The summed E-state index contributed by atoms with van der Waals surface area (Å²) in [6.07, 6.45) is 0.798. The van der Waals surface area contributed by atoms with Crippen molar-refractivity contribution in [1.29, 1.82) is 0 Å². The van der Waals surface area contributed by atoms with Gasteiger partial charge in [-0.1, -0.05) is 0 Å². The summed E-state index contributed by atoms with van der Waals surface area (Å²) in [6, 6.07) is -1.02. The second-order valence-electron chi connectivity index (χ2n) is 2.87. The van der Waals surface area contributed by atoms with E-state index in [9.17, 15) is 9.59 Å². The number of amides is 1. The van der Waals surface area contributed by atoms with Crippen molar-refractivity contribution in [2.75, 3.05) is 20.1 Å². The van der Waals surface area contributed by atoms with Gasteiger partial charge in [-0.2, -0.15) is 0 Å². The zero-order valence-corrected chi connectivity index (χ0v) is 6.91. The highest BCUT2D eigenvalue weighted by molar-refractivity contribution is 6.01. The molecular weight excluding hydrogens is 160 g/mol. The van der Waals surface area contributed by atoms with E-state index in [2.05, 4.69) is 5.32 Å². The van der Waals surface area contributed by atoms with E-state index in [1.54, 1.807) is 11.9 Å². The van der Waals surface area contributed by atoms with Crippen LogP contribution in [0.25, 0.3) is 0 Å². The third kappa shape index (κ3) is 1.73. The number of carbonyl (C=O) groups is 2. The maximum Gasteiger partial charge on any atom is 0.330 e. The van der Waals surface area contributed by atoms with Crippen molar-refractivity contribution in [3.63, 3.8) is 0 Å². The fourth-order valence-electron chi connectivity index (χ4n) is 1.27. The summed E-state index contributed by atoms with van der Waals surface area (Å²) in [5.74, 6) is -1.50. The van der Waals surface area contributed by atoms with Gasteiger partial charge in [0.15, 0.2) is 6.04 Å². The summed E-state index contributed by atoms with van der Waals surface area (Å²) in [6.45, 7) is 1.20. The van der Waals surface area contributed by atoms with E-state index in [1.807, 2.05) is 0 Å². The highest BCUT2D eigenvalue weighted by Crippen LogP contribution is 2.02. The Balaban J connectivity index is 2.75. The van der Waals surface area contributed by atoms with E-state index in [-0.39, 0.29) is 0 Å². The molecule has 1 heterocycles. The number of nitrogens with zero attached hydrogens (tertiary/aromatic N) is 1. The van der Waals surface area contributed by atoms with Crippen molar-refractivity contribution in [2.45, 2.75) is 12.5 Å². The summed E-state index contributed by atoms with van der Waals surface area (Å²) < 4.78 is 0. The number of carbonyl (C=O) groups excluding carboxylic acids is 1. The van der Waals surface area contributed by atoms with E-state index < -0.39 is 17.9 Å². The first kappa shape index (κ1) is 8.99. The SMILES string of the molecule is CN1CCCNC(=O)C1C(=O)O. The number of carboxylic acids is 1. The second kappa shape index (κ2) is 3.53. The molecular formula is C7H12N2O3. The van der Waals surface area contributed by atoms with E-state index in [4.69, 9.17) is 5.11 Å². The van der Waals surface area contributed by atoms with Gasteiger partial charge in [0.25, 0.3) is 0 Å². The third-order valence-corrected chi connectivity index (χ3v) is 1.91. The first-order valence-corrected chi connectivity index (χ1v) is 3.83. The van der Waals surface area contributed by atoms with Gasteiger partial charge in [-0.05, 0) is 13.5 Å². The van der Waals surface area contributed by atoms with E-state index in [0.29, 0.717) is 13.1 Å². The van der Waals surface area contributed by atoms with Crippen LogP contribution < -0.4 is 5.32 Å². The molecule has 0 spiro atoms. The molecule has 0 aromatic rings. The van der Waals surface area contributed by atoms with Crippen LogP contribution in [0.5, 0.6) is 0 Å². The Kier molecular flexibility index (Phi) is 2.65. The Hall–Kier alpha value is -1.10. The predicted octanol–water partition coefficient (Wildman–Crippen LogP) is -1.11. The molecule has 0 radical (unpaired) electrons. The van der Waals surface area contributed by atoms with Gasteiger partial charge >= 0.3 is 5.97 Å². The highest BCUT2D eigenvalue weighted by Gasteiger charge is 2.31. The number of hydrogen-bond acceptors (Lipinski definition) is 3. The molecule has 12 heavy (non-hydrogen) atoms. The predicted molar refractivity (Wildman–Crippen MR) is 41.7 cm³/mol. The molecule has 0 bridgehead atoms. The molecule has 1 rings (SSSR count). The fourth-order valence-corrected chi connectivity index (χ4v) is 1.27. The van der Waals surface area contributed by atoms with Crippen molar-refractivity contribution >= 4 is 11.9 Å². The van der Waals surface area contributed by atoms with E-state index in [1.165, 1.54) is 0 Å². The molecule has 0 aromatic heterocycles. The van der Waals surface area contributed by atoms with Crippen molar-refractivity contribution < 1.29 is 14.7 Å². The maximum atomic E-state index is 11.1. The minimum atomic E-state index is -1.09. The standard InChI is InChI=1S/C7H12N2O3/c1-9-4-2-3-8-6(10)5(9)7(11)12/h5H,2-4H2,1H3,(H,8,10)(H,11,12). The van der Waals surface area contributed by atoms with Gasteiger partial charge in [0.05, 0.1) is 0 Å². The van der Waals surface area contributed by atoms with Crippen LogP contribution in [0.15, 0.2) is 0 Å². The number of nitrogens with one attached hydrogen (secondary N) is 1. The lowest BCUT2D eigenvalue weighted by molar-refractivity contribution is -0.147. The summed E-state index contributed by atoms with van der Waals surface area (Å²) in [5, 5.41) is 11.2. The zero-order chi connectivity index (χ0) is 9.14. The molecule has 5 heteroatoms. The molecule has 1 aliphatic rings. The lowest BCUT2D eigenvalue weighted by atomic mass is 10.2. The molecule has 1 saturated heterocycles. The van der Waals surface area contributed by atoms with Crippen LogP contribution in [0, 0.1) is 0 Å². The smallest absolute Gasteiger partial charge is 0.330 e. The second-order valence-corrected chi connectivity index (χ2v) is 2.87. The molecule has 1 amide bonds. The van der Waals surface area contributed by atoms with Crippen LogP contribution in [0.3, 0.4) is 0 Å². The highest BCUT2D eigenvalue weighted by atomic mass is 16.4. The van der Waals surface area contributed by atoms with Crippen LogP contribution in [-0.2, 0) is 9.59 Å². The molecule has 68 valence electrons. The minimum absolute atomic E-state index is 0.414. The Bertz CT molecular complexity index is 205. The quantitative estimate of drug-likeness (QED) is 0.492. The Labute approximate surface area is 70.4 Å². The average molecular weight is 172 g/mol. The first-order valence-electron chi connectivity index (χ1n) is 3.83. The van der Waals surface area contributed by atoms with Crippen molar-refractivity contribution in [1.82, 2.24) is 10.2 Å². The normalized spacial score (nSPS) is 26.1. The summed E-state index contributed by atoms with van der Waals surface area (Å²) in [5.41, 5.74) is 0. The van der Waals surface area contributed by atoms with Crippen molar-refractivity contribution in [2.24, 2.45) is 0 Å². The molecule has 1 unspecified atom stereocenters. The van der Waals surface area contributed by atoms with Crippen molar-refractivity contribution in [3.8, 4) is 0 Å². The number of hydrogen-bond donors (Lipinski definition) is 2. The number of likely N-dealkylation sites (N-methyl/N-ethyl adjacent to an activating group) is 1. The Morgan fingerprint density at radius 1 is 1.75 bits per heavy atom. The van der Waals surface area contributed by atoms with Gasteiger partial charge in [-0.3, -0.25) is 9.69 Å². The van der Waals surface area contributed by atoms with Gasteiger partial charge in [-0.15, -0.1) is 0 Å². The number of rotatable bonds is 1. The molecule has 1 fully saturated rings. The average Bonchev–Trinajstić information content (AvgIpc) is 2.11. The van der Waals surface area contributed by atoms with Crippen LogP contribution in [-0.4, -0.2) is 48.1 Å². The molecule has 1 aliphatic heterocycles. The van der Waals surface area contributed by atoms with Crippen LogP contribution >= 0.6 is 0 Å². The molecule has 1 atom stereocenters. The zero-order valence-electron chi connectivity index (χ0n) is 6.91. The monoisotopic (exact) mass is 172 g/mol. The Morgan fingerprint density at radius 3 is 3.00 bits per heavy atom. The topological polar surface area (TPSA) is 69.6 Å². The summed E-state index contributed by atoms with van der Waals surface area (Å²) in [4.78, 5) is 23.3. The summed E-state index contributed by atoms with van der Waals surface area (Å²) in [7, 11) is 1.64. The Morgan fingerprint density at radius 2 is 2.42 bits per heavy atom. The number of carboxylic acid groups (broad SMARTS) is 1. The maximum absolute atomic E-state index is 11.1. The van der Waals surface area contributed by atoms with Crippen LogP contribution in [0.2, 0.25) is 0 Å². The molecule has 0 aliphatic carbocycles. The first-order chi connectivity index (χ1) is 5.63. The fraction of sp³-hybridized carbons (Fsp3) is 0.714. The van der Waals surface area contributed by atoms with Crippen LogP contribution in [0.4, 0.5) is 0 Å². The van der Waals surface area contributed by atoms with Gasteiger partial charge in [-0.25, -0.2) is 4.79 Å². The van der Waals surface area contributed by atoms with Crippen LogP contribution in [0.1, 0.15) is 6.42 Å². The molecule has 0 aromatic carbocycles. The van der Waals surface area contributed by atoms with Gasteiger partial charge < -0.3 is 10.4 Å². The number of aliphatic carboxylic acids is 1. The lowest BCUT2D eigenvalue weighted by Crippen LogP contribution is -2.47. The van der Waals surface area contributed by atoms with E-state index >= 15 is 0 Å². The lowest BCUT2D eigenvalue weighted by Gasteiger charge is -2.19. The van der Waals surface area contributed by atoms with E-state index in [0.717, 1.165) is 6.42 Å². The van der Waals surface area contributed by atoms with Crippen molar-refractivity contribution in [3.05, 3.63) is 0 Å². The molecule has 0 saturated carbocycles. The minimum Gasteiger partial charge on any atom is -0.480 e. The summed E-state index contributed by atoms with van der Waals surface area (Å²) >= 11 is 0. The molecule has 2 N–H and O–H groups in total. The molecule has 5 nitrogen and oxygen atoms in total.